The van der Waals surface area contributed by atoms with Crippen LogP contribution in [0.4, 0.5) is 17.1 Å². The second kappa shape index (κ2) is 8.87. The zero-order valence-electron chi connectivity index (χ0n) is 24.7. The summed E-state index contributed by atoms with van der Waals surface area (Å²) in [5, 5.41) is 7.80. The molecule has 0 atom stereocenters. The standard InChI is InChI=1S/C42H25N3S/c1-4-14-34-28(10-1)29-11-2-5-15-35(29)43(34)26-20-22-27(23-21-26)44-36-16-6-7-17-37(36)45-40-31(13-9-18-38(40)44)32-24-25-33-30-12-3-8-19-39(30)46-42(33)41(32)45/h1-25H. The molecule has 3 nitrogen and oxygen atoms in total. The van der Waals surface area contributed by atoms with Crippen molar-refractivity contribution >= 4 is 92.2 Å². The Bertz CT molecular complexity index is 2810. The Kier molecular flexibility index (Phi) is 4.72. The molecule has 214 valence electrons. The van der Waals surface area contributed by atoms with Gasteiger partial charge in [0.2, 0.25) is 0 Å². The first-order valence-corrected chi connectivity index (χ1v) is 16.5. The van der Waals surface area contributed by atoms with Crippen LogP contribution in [-0.2, 0) is 0 Å². The summed E-state index contributed by atoms with van der Waals surface area (Å²) in [5.74, 6) is 0. The molecule has 0 aliphatic carbocycles. The highest BCUT2D eigenvalue weighted by Gasteiger charge is 2.29. The molecule has 1 aliphatic rings. The number of nitrogens with zero attached hydrogens (tertiary/aromatic N) is 3. The summed E-state index contributed by atoms with van der Waals surface area (Å²) < 4.78 is 7.58. The van der Waals surface area contributed by atoms with Gasteiger partial charge >= 0.3 is 0 Å². The molecule has 0 amide bonds. The summed E-state index contributed by atoms with van der Waals surface area (Å²) in [5.41, 5.74) is 10.9. The Labute approximate surface area is 268 Å². The molecular formula is C42H25N3S. The van der Waals surface area contributed by atoms with E-state index in [0.29, 0.717) is 0 Å². The molecule has 3 aromatic heterocycles. The molecule has 0 fully saturated rings. The summed E-state index contributed by atoms with van der Waals surface area (Å²) in [6.45, 7) is 0. The maximum Gasteiger partial charge on any atom is 0.0783 e. The summed E-state index contributed by atoms with van der Waals surface area (Å²) >= 11 is 1.90. The van der Waals surface area contributed by atoms with Crippen LogP contribution in [0.1, 0.15) is 0 Å². The van der Waals surface area contributed by atoms with Crippen LogP contribution in [0.5, 0.6) is 0 Å². The van der Waals surface area contributed by atoms with Gasteiger partial charge in [0.05, 0.1) is 43.8 Å². The van der Waals surface area contributed by atoms with Crippen molar-refractivity contribution in [3.05, 3.63) is 152 Å². The van der Waals surface area contributed by atoms with E-state index in [4.69, 9.17) is 0 Å². The Morgan fingerprint density at radius 3 is 1.70 bits per heavy atom. The molecule has 11 rings (SSSR count). The van der Waals surface area contributed by atoms with Crippen molar-refractivity contribution in [3.8, 4) is 11.4 Å². The number of fused-ring (bicyclic) bond motifs is 12. The van der Waals surface area contributed by atoms with Crippen LogP contribution >= 0.6 is 11.3 Å². The van der Waals surface area contributed by atoms with Gasteiger partial charge in [-0.2, -0.15) is 0 Å². The lowest BCUT2D eigenvalue weighted by Crippen LogP contribution is -2.18. The summed E-state index contributed by atoms with van der Waals surface area (Å²) in [6.07, 6.45) is 0. The molecule has 0 saturated heterocycles. The number of aromatic nitrogens is 2. The number of anilines is 3. The third-order valence-corrected chi connectivity index (χ3v) is 11.0. The lowest BCUT2D eigenvalue weighted by Gasteiger charge is -2.33. The summed E-state index contributed by atoms with van der Waals surface area (Å²) in [4.78, 5) is 2.44. The molecule has 10 aromatic rings. The van der Waals surface area contributed by atoms with Crippen molar-refractivity contribution in [2.24, 2.45) is 0 Å². The van der Waals surface area contributed by atoms with Crippen molar-refractivity contribution < 1.29 is 0 Å². The van der Waals surface area contributed by atoms with Crippen LogP contribution in [-0.4, -0.2) is 9.13 Å². The minimum absolute atomic E-state index is 1.15. The van der Waals surface area contributed by atoms with Gasteiger partial charge in [-0.05, 0) is 60.7 Å². The molecule has 7 aromatic carbocycles. The van der Waals surface area contributed by atoms with Crippen LogP contribution in [0.15, 0.2) is 152 Å². The van der Waals surface area contributed by atoms with E-state index in [1.54, 1.807) is 0 Å². The van der Waals surface area contributed by atoms with Gasteiger partial charge in [-0.25, -0.2) is 0 Å². The fourth-order valence-corrected chi connectivity index (χ4v) is 9.17. The smallest absolute Gasteiger partial charge is 0.0783 e. The van der Waals surface area contributed by atoms with E-state index in [1.807, 2.05) is 11.3 Å². The minimum atomic E-state index is 1.15. The Hall–Kier alpha value is -5.84. The summed E-state index contributed by atoms with van der Waals surface area (Å²) in [6, 6.07) is 55.5. The Morgan fingerprint density at radius 1 is 0.348 bits per heavy atom. The lowest BCUT2D eigenvalue weighted by atomic mass is 10.1. The fraction of sp³-hybridized carbons (Fsp3) is 0. The van der Waals surface area contributed by atoms with E-state index < -0.39 is 0 Å². The topological polar surface area (TPSA) is 13.1 Å². The normalized spacial score (nSPS) is 12.7. The van der Waals surface area contributed by atoms with E-state index in [-0.39, 0.29) is 0 Å². The highest BCUT2D eigenvalue weighted by Crippen LogP contribution is 2.52. The number of thiophene rings is 1. The largest absolute Gasteiger partial charge is 0.309 e. The molecule has 0 saturated carbocycles. The summed E-state index contributed by atoms with van der Waals surface area (Å²) in [7, 11) is 0. The molecular weight excluding hydrogens is 579 g/mol. The zero-order chi connectivity index (χ0) is 29.9. The van der Waals surface area contributed by atoms with E-state index in [2.05, 4.69) is 166 Å². The van der Waals surface area contributed by atoms with Gasteiger partial charge in [0.15, 0.2) is 0 Å². The molecule has 0 spiro atoms. The van der Waals surface area contributed by atoms with Gasteiger partial charge in [0.25, 0.3) is 0 Å². The average Bonchev–Trinajstić information content (AvgIpc) is 3.78. The maximum absolute atomic E-state index is 2.52. The Morgan fingerprint density at radius 2 is 0.913 bits per heavy atom. The van der Waals surface area contributed by atoms with Gasteiger partial charge in [-0.15, -0.1) is 11.3 Å². The van der Waals surface area contributed by atoms with Crippen molar-refractivity contribution in [1.29, 1.82) is 0 Å². The molecule has 46 heavy (non-hydrogen) atoms. The van der Waals surface area contributed by atoms with Crippen molar-refractivity contribution in [2.45, 2.75) is 0 Å². The average molecular weight is 604 g/mol. The minimum Gasteiger partial charge on any atom is -0.309 e. The van der Waals surface area contributed by atoms with Gasteiger partial charge in [-0.1, -0.05) is 91.0 Å². The third-order valence-electron chi connectivity index (χ3n) is 9.82. The first kappa shape index (κ1) is 24.5. The molecule has 4 heteroatoms. The van der Waals surface area contributed by atoms with Crippen LogP contribution in [0, 0.1) is 0 Å². The zero-order valence-corrected chi connectivity index (χ0v) is 25.5. The maximum atomic E-state index is 2.52. The lowest BCUT2D eigenvalue weighted by molar-refractivity contribution is 1.11. The molecule has 4 heterocycles. The van der Waals surface area contributed by atoms with E-state index in [0.717, 1.165) is 11.4 Å². The fourth-order valence-electron chi connectivity index (χ4n) is 7.93. The quantitative estimate of drug-likeness (QED) is 0.192. The molecule has 0 N–H and O–H groups in total. The molecule has 0 radical (unpaired) electrons. The Balaban J connectivity index is 1.16. The predicted molar refractivity (Wildman–Crippen MR) is 196 cm³/mol. The van der Waals surface area contributed by atoms with Gasteiger partial charge in [-0.3, -0.25) is 0 Å². The first-order chi connectivity index (χ1) is 22.8. The van der Waals surface area contributed by atoms with E-state index in [9.17, 15) is 0 Å². The van der Waals surface area contributed by atoms with Crippen LogP contribution < -0.4 is 4.90 Å². The number of rotatable bonds is 2. The molecule has 0 bridgehead atoms. The van der Waals surface area contributed by atoms with Gasteiger partial charge < -0.3 is 14.0 Å². The van der Waals surface area contributed by atoms with Crippen LogP contribution in [0.2, 0.25) is 0 Å². The monoisotopic (exact) mass is 603 g/mol. The number of benzene rings is 7. The van der Waals surface area contributed by atoms with Crippen LogP contribution in [0.25, 0.3) is 75.2 Å². The number of para-hydroxylation sites is 5. The predicted octanol–water partition coefficient (Wildman–Crippen LogP) is 12.0. The third kappa shape index (κ3) is 3.06. The second-order valence-corrected chi connectivity index (χ2v) is 13.2. The van der Waals surface area contributed by atoms with Crippen LogP contribution in [0.3, 0.4) is 0 Å². The number of hydrogen-bond donors (Lipinski definition) is 0. The molecule has 0 unspecified atom stereocenters. The SMILES string of the molecule is c1ccc2c(c1)N(c1ccc(-n3c4ccccc4c4ccccc43)cc1)c1cccc3c4ccc5c6ccccc6sc5c4n-2c13. The van der Waals surface area contributed by atoms with Crippen molar-refractivity contribution in [3.63, 3.8) is 0 Å². The van der Waals surface area contributed by atoms with E-state index in [1.165, 1.54) is 80.8 Å². The van der Waals surface area contributed by atoms with Gasteiger partial charge in [0.1, 0.15) is 0 Å². The first-order valence-electron chi connectivity index (χ1n) is 15.7. The van der Waals surface area contributed by atoms with E-state index >= 15 is 0 Å². The van der Waals surface area contributed by atoms with Crippen molar-refractivity contribution in [2.75, 3.05) is 4.90 Å². The highest BCUT2D eigenvalue weighted by molar-refractivity contribution is 7.26. The number of hydrogen-bond acceptors (Lipinski definition) is 2. The van der Waals surface area contributed by atoms with Crippen molar-refractivity contribution in [1.82, 2.24) is 9.13 Å². The molecule has 1 aliphatic heterocycles. The highest BCUT2D eigenvalue weighted by atomic mass is 32.1. The van der Waals surface area contributed by atoms with Gasteiger partial charge in [0, 0.05) is 48.4 Å². The second-order valence-electron chi connectivity index (χ2n) is 12.2.